The highest BCUT2D eigenvalue weighted by molar-refractivity contribution is 5.97. The number of carbonyl (C=O) groups is 1. The second-order valence-electron chi connectivity index (χ2n) is 11.8. The Morgan fingerprint density at radius 2 is 1.78 bits per heavy atom. The molecule has 2 fully saturated rings. The van der Waals surface area contributed by atoms with Crippen LogP contribution >= 0.6 is 0 Å². The van der Waals surface area contributed by atoms with Gasteiger partial charge in [0.25, 0.3) is 5.91 Å². The molecule has 0 aliphatic carbocycles. The summed E-state index contributed by atoms with van der Waals surface area (Å²) in [5, 5.41) is 10.0. The third-order valence-electron chi connectivity index (χ3n) is 8.48. The van der Waals surface area contributed by atoms with E-state index in [4.69, 9.17) is 15.2 Å². The molecule has 2 saturated heterocycles. The molecule has 2 aliphatic heterocycles. The largest absolute Gasteiger partial charge is 0.457 e. The van der Waals surface area contributed by atoms with Crippen LogP contribution in [0.15, 0.2) is 77.4 Å². The van der Waals surface area contributed by atoms with Crippen LogP contribution in [0.5, 0.6) is 11.5 Å². The predicted molar refractivity (Wildman–Crippen MR) is 169 cm³/mol. The van der Waals surface area contributed by atoms with Gasteiger partial charge in [0.15, 0.2) is 11.5 Å². The molecule has 1 atom stereocenters. The van der Waals surface area contributed by atoms with E-state index in [2.05, 4.69) is 20.9 Å². The van der Waals surface area contributed by atoms with Gasteiger partial charge in [-0.05, 0) is 69.2 Å². The quantitative estimate of drug-likeness (QED) is 0.245. The number of piperidine rings is 1. The average molecular weight is 609 g/mol. The molecule has 2 aliphatic rings. The number of nitrogen functional groups attached to an aromatic ring is 1. The number of benzene rings is 2. The van der Waals surface area contributed by atoms with Crippen LogP contribution in [0.4, 0.5) is 5.82 Å². The first-order valence-electron chi connectivity index (χ1n) is 15.1. The first kappa shape index (κ1) is 30.1. The maximum absolute atomic E-state index is 14.1. The van der Waals surface area contributed by atoms with Gasteiger partial charge in [0.1, 0.15) is 35.0 Å². The number of hydrogen-bond donors (Lipinski definition) is 1. The Bertz CT molecular complexity index is 1820. The van der Waals surface area contributed by atoms with Gasteiger partial charge in [-0.15, -0.1) is 0 Å². The zero-order chi connectivity index (χ0) is 31.6. The number of ether oxygens (including phenoxy) is 2. The lowest BCUT2D eigenvalue weighted by molar-refractivity contribution is -0.128. The number of amides is 1. The molecule has 0 radical (unpaired) electrons. The molecule has 12 nitrogen and oxygen atoms in total. The molecule has 45 heavy (non-hydrogen) atoms. The highest BCUT2D eigenvalue weighted by atomic mass is 16.5. The van der Waals surface area contributed by atoms with Crippen LogP contribution in [0.2, 0.25) is 0 Å². The van der Waals surface area contributed by atoms with Crippen LogP contribution in [0.3, 0.4) is 0 Å². The fourth-order valence-electron chi connectivity index (χ4n) is 6.17. The fourth-order valence-corrected chi connectivity index (χ4v) is 6.17. The van der Waals surface area contributed by atoms with Crippen LogP contribution in [0, 0.1) is 11.3 Å². The van der Waals surface area contributed by atoms with Crippen molar-refractivity contribution in [2.75, 3.05) is 45.1 Å². The molecular weight excluding hydrogens is 572 g/mol. The van der Waals surface area contributed by atoms with Crippen molar-refractivity contribution < 1.29 is 14.3 Å². The molecule has 2 aromatic heterocycles. The van der Waals surface area contributed by atoms with Crippen molar-refractivity contribution in [2.45, 2.75) is 38.3 Å². The van der Waals surface area contributed by atoms with E-state index in [1.54, 1.807) is 39.8 Å². The molecule has 0 saturated carbocycles. The van der Waals surface area contributed by atoms with E-state index < -0.39 is 5.54 Å². The number of nitrogens with zero attached hydrogens (tertiary/aromatic N) is 7. The monoisotopic (exact) mass is 608 g/mol. The van der Waals surface area contributed by atoms with Gasteiger partial charge in [-0.3, -0.25) is 18.8 Å². The Kier molecular flexibility index (Phi) is 8.38. The van der Waals surface area contributed by atoms with Crippen LogP contribution < -0.4 is 16.2 Å². The molecule has 2 N–H and O–H groups in total. The third kappa shape index (κ3) is 6.05. The standard InChI is InChI=1S/C33H36N8O4/c1-33(2,39-15-17-44-18-16-39)19-23(20-34)31(42)38-14-6-7-25(21-38)41-30-28(29(35)36-22-37-30)40(32(41)43)24-10-12-27(13-11-24)45-26-8-4-3-5-9-26/h3-5,8-13,19,22,25H,6-7,14-18,21H2,1-2H3,(H2,35,36,37)/t25-/m0/s1. The zero-order valence-corrected chi connectivity index (χ0v) is 25.4. The molecule has 12 heteroatoms. The minimum atomic E-state index is -0.500. The van der Waals surface area contributed by atoms with E-state index >= 15 is 0 Å². The number of imidazole rings is 1. The fraction of sp³-hybridized carbons (Fsp3) is 0.364. The summed E-state index contributed by atoms with van der Waals surface area (Å²) in [4.78, 5) is 40.3. The SMILES string of the molecule is CC(C)(C=C(C#N)C(=O)N1CCC[C@H](n2c(=O)n(-c3ccc(Oc4ccccc4)cc3)c3c(N)ncnc32)C1)N1CCOCC1. The molecule has 4 aromatic rings. The van der Waals surface area contributed by atoms with Crippen LogP contribution in [0.25, 0.3) is 16.9 Å². The van der Waals surface area contributed by atoms with Crippen molar-refractivity contribution in [2.24, 2.45) is 0 Å². The first-order valence-corrected chi connectivity index (χ1v) is 15.1. The van der Waals surface area contributed by atoms with Gasteiger partial charge in [-0.1, -0.05) is 18.2 Å². The number of morpholine rings is 1. The number of anilines is 1. The van der Waals surface area contributed by atoms with Crippen molar-refractivity contribution in [1.82, 2.24) is 28.9 Å². The Hall–Kier alpha value is -4.99. The van der Waals surface area contributed by atoms with E-state index in [-0.39, 0.29) is 35.6 Å². The molecular formula is C33H36N8O4. The minimum Gasteiger partial charge on any atom is -0.457 e. The highest BCUT2D eigenvalue weighted by Gasteiger charge is 2.33. The molecule has 4 heterocycles. The van der Waals surface area contributed by atoms with Gasteiger partial charge in [-0.2, -0.15) is 5.26 Å². The lowest BCUT2D eigenvalue weighted by Crippen LogP contribution is -2.49. The number of fused-ring (bicyclic) bond motifs is 1. The number of nitrogens with two attached hydrogens (primary N) is 1. The number of aromatic nitrogens is 4. The van der Waals surface area contributed by atoms with Crippen molar-refractivity contribution in [1.29, 1.82) is 5.26 Å². The van der Waals surface area contributed by atoms with E-state index in [0.717, 1.165) is 13.1 Å². The maximum Gasteiger partial charge on any atom is 0.335 e. The first-order chi connectivity index (χ1) is 21.8. The summed E-state index contributed by atoms with van der Waals surface area (Å²) in [5.74, 6) is 1.14. The van der Waals surface area contributed by atoms with Crippen molar-refractivity contribution in [3.8, 4) is 23.3 Å². The third-order valence-corrected chi connectivity index (χ3v) is 8.48. The Balaban J connectivity index is 1.30. The second kappa shape index (κ2) is 12.6. The summed E-state index contributed by atoms with van der Waals surface area (Å²) in [5.41, 5.74) is 6.94. The number of nitriles is 1. The van der Waals surface area contributed by atoms with Crippen LogP contribution in [0.1, 0.15) is 32.7 Å². The number of likely N-dealkylation sites (tertiary alicyclic amines) is 1. The van der Waals surface area contributed by atoms with Gasteiger partial charge in [0.05, 0.1) is 24.9 Å². The Labute approximate surface area is 260 Å². The van der Waals surface area contributed by atoms with E-state index in [1.807, 2.05) is 44.2 Å². The van der Waals surface area contributed by atoms with Gasteiger partial charge in [-0.25, -0.2) is 14.8 Å². The summed E-state index contributed by atoms with van der Waals surface area (Å²) in [7, 11) is 0. The summed E-state index contributed by atoms with van der Waals surface area (Å²) < 4.78 is 14.5. The van der Waals surface area contributed by atoms with Gasteiger partial charge in [0.2, 0.25) is 0 Å². The predicted octanol–water partition coefficient (Wildman–Crippen LogP) is 3.68. The lowest BCUT2D eigenvalue weighted by Gasteiger charge is -2.39. The summed E-state index contributed by atoms with van der Waals surface area (Å²) in [6, 6.07) is 18.3. The zero-order valence-electron chi connectivity index (χ0n) is 25.4. The number of para-hydroxylation sites is 1. The maximum atomic E-state index is 14.1. The van der Waals surface area contributed by atoms with Gasteiger partial charge >= 0.3 is 5.69 Å². The minimum absolute atomic E-state index is 0.0892. The van der Waals surface area contributed by atoms with Crippen molar-refractivity contribution >= 4 is 22.9 Å². The Morgan fingerprint density at radius 1 is 1.07 bits per heavy atom. The van der Waals surface area contributed by atoms with Crippen molar-refractivity contribution in [3.05, 3.63) is 83.1 Å². The lowest BCUT2D eigenvalue weighted by atomic mass is 9.97. The summed E-state index contributed by atoms with van der Waals surface area (Å²) in [6.45, 7) is 7.42. The molecule has 6 rings (SSSR count). The summed E-state index contributed by atoms with van der Waals surface area (Å²) >= 11 is 0. The Morgan fingerprint density at radius 3 is 2.49 bits per heavy atom. The van der Waals surface area contributed by atoms with Gasteiger partial charge in [0, 0.05) is 31.7 Å². The van der Waals surface area contributed by atoms with Crippen molar-refractivity contribution in [3.63, 3.8) is 0 Å². The number of hydrogen-bond acceptors (Lipinski definition) is 9. The van der Waals surface area contributed by atoms with Gasteiger partial charge < -0.3 is 20.1 Å². The summed E-state index contributed by atoms with van der Waals surface area (Å²) in [6.07, 6.45) is 4.40. The second-order valence-corrected chi connectivity index (χ2v) is 11.8. The van der Waals surface area contributed by atoms with E-state index in [1.165, 1.54) is 10.9 Å². The molecule has 1 amide bonds. The number of carbonyl (C=O) groups excluding carboxylic acids is 1. The smallest absolute Gasteiger partial charge is 0.335 e. The molecule has 2 aromatic carbocycles. The van der Waals surface area contributed by atoms with E-state index in [0.29, 0.717) is 61.0 Å². The highest BCUT2D eigenvalue weighted by Crippen LogP contribution is 2.29. The normalized spacial score (nSPS) is 18.1. The molecule has 0 bridgehead atoms. The molecule has 0 spiro atoms. The molecule has 232 valence electrons. The van der Waals surface area contributed by atoms with E-state index in [9.17, 15) is 14.9 Å². The topological polar surface area (TPSA) is 145 Å². The average Bonchev–Trinajstić information content (AvgIpc) is 3.37. The van der Waals surface area contributed by atoms with Crippen LogP contribution in [-0.2, 0) is 9.53 Å². The molecule has 0 unspecified atom stereocenters. The van der Waals surface area contributed by atoms with Crippen LogP contribution in [-0.4, -0.2) is 79.7 Å². The number of rotatable bonds is 7.